The van der Waals surface area contributed by atoms with Crippen molar-refractivity contribution in [3.8, 4) is 0 Å². The second-order valence-electron chi connectivity index (χ2n) is 7.61. The number of anilines is 1. The van der Waals surface area contributed by atoms with Crippen molar-refractivity contribution in [2.75, 3.05) is 5.73 Å². The number of nitrogens with two attached hydrogens (primary N) is 1. The third-order valence-electron chi connectivity index (χ3n) is 5.44. The maximum atomic E-state index is 6.08. The molecule has 0 spiro atoms. The molecule has 7 heteroatoms. The van der Waals surface area contributed by atoms with Gasteiger partial charge in [0.2, 0.25) is 0 Å². The fourth-order valence-electron chi connectivity index (χ4n) is 3.73. The summed E-state index contributed by atoms with van der Waals surface area (Å²) in [7, 11) is 2.06. The number of hydrogen-bond donors (Lipinski definition) is 2. The lowest BCUT2D eigenvalue weighted by molar-refractivity contribution is 0.642. The van der Waals surface area contributed by atoms with Gasteiger partial charge in [-0.15, -0.1) is 0 Å². The number of imidazole rings is 1. The number of hydrogen-bond acceptors (Lipinski definition) is 5. The zero-order valence-electron chi connectivity index (χ0n) is 17.4. The molecule has 0 unspecified atom stereocenters. The molecular formula is C23H25ClN6. The van der Waals surface area contributed by atoms with Crippen molar-refractivity contribution in [1.29, 1.82) is 0 Å². The van der Waals surface area contributed by atoms with Crippen LogP contribution in [0.15, 0.2) is 42.7 Å². The van der Waals surface area contributed by atoms with E-state index in [0.717, 1.165) is 53.2 Å². The highest BCUT2D eigenvalue weighted by atomic mass is 35.5. The largest absolute Gasteiger partial charge is 0.384 e. The van der Waals surface area contributed by atoms with Crippen molar-refractivity contribution in [1.82, 2.24) is 24.8 Å². The van der Waals surface area contributed by atoms with Crippen molar-refractivity contribution >= 4 is 28.3 Å². The molecule has 154 valence electrons. The number of fused-ring (bicyclic) bond motifs is 1. The Labute approximate surface area is 181 Å². The lowest BCUT2D eigenvalue weighted by Gasteiger charge is -2.12. The summed E-state index contributed by atoms with van der Waals surface area (Å²) < 4.78 is 2.15. The van der Waals surface area contributed by atoms with Gasteiger partial charge in [0, 0.05) is 50.0 Å². The zero-order valence-corrected chi connectivity index (χ0v) is 18.2. The van der Waals surface area contributed by atoms with Crippen molar-refractivity contribution in [3.63, 3.8) is 0 Å². The average molecular weight is 421 g/mol. The average Bonchev–Trinajstić information content (AvgIpc) is 3.03. The summed E-state index contributed by atoms with van der Waals surface area (Å²) in [5.41, 5.74) is 12.4. The fourth-order valence-corrected chi connectivity index (χ4v) is 3.90. The quantitative estimate of drug-likeness (QED) is 0.490. The highest BCUT2D eigenvalue weighted by Crippen LogP contribution is 2.20. The van der Waals surface area contributed by atoms with Crippen LogP contribution in [0.2, 0.25) is 5.02 Å². The third kappa shape index (κ3) is 4.30. The van der Waals surface area contributed by atoms with E-state index in [2.05, 4.69) is 50.9 Å². The lowest BCUT2D eigenvalue weighted by Crippen LogP contribution is -2.17. The molecule has 1 aromatic carbocycles. The second-order valence-corrected chi connectivity index (χ2v) is 8.05. The van der Waals surface area contributed by atoms with Crippen LogP contribution in [-0.2, 0) is 26.6 Å². The van der Waals surface area contributed by atoms with E-state index < -0.39 is 0 Å². The van der Waals surface area contributed by atoms with Gasteiger partial charge < -0.3 is 15.6 Å². The minimum atomic E-state index is 0.566. The highest BCUT2D eigenvalue weighted by Gasteiger charge is 2.10. The van der Waals surface area contributed by atoms with E-state index in [4.69, 9.17) is 17.3 Å². The SMILES string of the molecule is Cc1cc(N)nc(C)c1CNCc1cnc(Cc2ccc3ncc(Cl)cc3c2)n1C. The number of nitrogen functional groups attached to an aromatic ring is 1. The van der Waals surface area contributed by atoms with Crippen molar-refractivity contribution < 1.29 is 0 Å². The maximum Gasteiger partial charge on any atom is 0.123 e. The molecule has 0 fully saturated rings. The van der Waals surface area contributed by atoms with Gasteiger partial charge in [-0.3, -0.25) is 4.98 Å². The summed E-state index contributed by atoms with van der Waals surface area (Å²) in [6.45, 7) is 5.53. The molecule has 0 aliphatic rings. The Balaban J connectivity index is 1.44. The van der Waals surface area contributed by atoms with Crippen LogP contribution in [0.3, 0.4) is 0 Å². The summed E-state index contributed by atoms with van der Waals surface area (Å²) in [5, 5.41) is 5.19. The number of aromatic nitrogens is 4. The molecule has 0 aliphatic heterocycles. The standard InChI is InChI=1S/C23H25ClN6/c1-14-6-22(25)29-15(2)20(14)13-26-11-19-12-28-23(30(19)3)8-16-4-5-21-17(7-16)9-18(24)10-27-21/h4-7,9-10,12,26H,8,11,13H2,1-3H3,(H2,25,29). The number of nitrogens with zero attached hydrogens (tertiary/aromatic N) is 4. The highest BCUT2D eigenvalue weighted by molar-refractivity contribution is 6.31. The minimum Gasteiger partial charge on any atom is -0.384 e. The molecule has 0 bridgehead atoms. The van der Waals surface area contributed by atoms with Crippen LogP contribution in [0, 0.1) is 13.8 Å². The van der Waals surface area contributed by atoms with Gasteiger partial charge in [-0.2, -0.15) is 0 Å². The zero-order chi connectivity index (χ0) is 21.3. The Morgan fingerprint density at radius 1 is 1.07 bits per heavy atom. The van der Waals surface area contributed by atoms with Crippen LogP contribution < -0.4 is 11.1 Å². The van der Waals surface area contributed by atoms with Gasteiger partial charge in [0.25, 0.3) is 0 Å². The number of halogens is 1. The number of aryl methyl sites for hydroxylation is 2. The minimum absolute atomic E-state index is 0.566. The normalized spacial score (nSPS) is 11.3. The molecule has 0 amide bonds. The molecule has 3 heterocycles. The Morgan fingerprint density at radius 3 is 2.70 bits per heavy atom. The Kier molecular flexibility index (Phi) is 5.70. The van der Waals surface area contributed by atoms with E-state index in [1.807, 2.05) is 31.3 Å². The van der Waals surface area contributed by atoms with Gasteiger partial charge in [0.15, 0.2) is 0 Å². The Hall–Kier alpha value is -2.96. The van der Waals surface area contributed by atoms with Crippen molar-refractivity contribution in [2.45, 2.75) is 33.4 Å². The summed E-state index contributed by atoms with van der Waals surface area (Å²) in [6.07, 6.45) is 4.35. The molecule has 0 radical (unpaired) electrons. The molecule has 0 saturated carbocycles. The number of rotatable bonds is 6. The molecule has 4 rings (SSSR count). The van der Waals surface area contributed by atoms with E-state index in [0.29, 0.717) is 10.8 Å². The smallest absolute Gasteiger partial charge is 0.123 e. The van der Waals surface area contributed by atoms with Gasteiger partial charge in [-0.1, -0.05) is 17.7 Å². The Morgan fingerprint density at radius 2 is 1.90 bits per heavy atom. The van der Waals surface area contributed by atoms with Crippen LogP contribution >= 0.6 is 11.6 Å². The van der Waals surface area contributed by atoms with Gasteiger partial charge in [0.1, 0.15) is 11.6 Å². The topological polar surface area (TPSA) is 81.7 Å². The van der Waals surface area contributed by atoms with E-state index in [9.17, 15) is 0 Å². The van der Waals surface area contributed by atoms with E-state index in [1.54, 1.807) is 6.20 Å². The molecular weight excluding hydrogens is 396 g/mol. The monoisotopic (exact) mass is 420 g/mol. The first-order valence-corrected chi connectivity index (χ1v) is 10.3. The van der Waals surface area contributed by atoms with Crippen LogP contribution in [-0.4, -0.2) is 19.5 Å². The first-order valence-electron chi connectivity index (χ1n) is 9.87. The predicted molar refractivity (Wildman–Crippen MR) is 121 cm³/mol. The predicted octanol–water partition coefficient (Wildman–Crippen LogP) is 4.10. The number of benzene rings is 1. The molecule has 3 N–H and O–H groups in total. The number of pyridine rings is 2. The van der Waals surface area contributed by atoms with Gasteiger partial charge in [0.05, 0.1) is 16.2 Å². The summed E-state index contributed by atoms with van der Waals surface area (Å²) >= 11 is 6.08. The second kappa shape index (κ2) is 8.42. The van der Waals surface area contributed by atoms with Crippen LogP contribution in [0.5, 0.6) is 0 Å². The number of nitrogens with one attached hydrogen (secondary N) is 1. The van der Waals surface area contributed by atoms with Crippen molar-refractivity contribution in [3.05, 3.63) is 81.7 Å². The van der Waals surface area contributed by atoms with E-state index >= 15 is 0 Å². The van der Waals surface area contributed by atoms with E-state index in [-0.39, 0.29) is 0 Å². The first kappa shape index (κ1) is 20.3. The van der Waals surface area contributed by atoms with Crippen LogP contribution in [0.1, 0.15) is 33.9 Å². The molecule has 30 heavy (non-hydrogen) atoms. The van der Waals surface area contributed by atoms with Gasteiger partial charge in [-0.05, 0) is 54.8 Å². The van der Waals surface area contributed by atoms with Crippen LogP contribution in [0.4, 0.5) is 5.82 Å². The summed E-state index contributed by atoms with van der Waals surface area (Å²) in [5.74, 6) is 1.58. The summed E-state index contributed by atoms with van der Waals surface area (Å²) in [6, 6.07) is 10.1. The van der Waals surface area contributed by atoms with Crippen molar-refractivity contribution in [2.24, 2.45) is 7.05 Å². The molecule has 0 aliphatic carbocycles. The molecule has 4 aromatic rings. The molecule has 3 aromatic heterocycles. The molecule has 0 saturated heterocycles. The van der Waals surface area contributed by atoms with E-state index in [1.165, 1.54) is 11.1 Å². The van der Waals surface area contributed by atoms with Gasteiger partial charge in [-0.25, -0.2) is 9.97 Å². The lowest BCUT2D eigenvalue weighted by atomic mass is 10.1. The van der Waals surface area contributed by atoms with Crippen LogP contribution in [0.25, 0.3) is 10.9 Å². The third-order valence-corrected chi connectivity index (χ3v) is 5.64. The Bertz CT molecular complexity index is 1190. The molecule has 0 atom stereocenters. The summed E-state index contributed by atoms with van der Waals surface area (Å²) in [4.78, 5) is 13.4. The first-order chi connectivity index (χ1) is 14.4. The fraction of sp³-hybridized carbons (Fsp3) is 0.261. The maximum absolute atomic E-state index is 6.08. The molecule has 6 nitrogen and oxygen atoms in total. The van der Waals surface area contributed by atoms with Gasteiger partial charge >= 0.3 is 0 Å².